The van der Waals surface area contributed by atoms with Gasteiger partial charge in [-0.1, -0.05) is 42.5 Å². The molecule has 0 aliphatic carbocycles. The maximum absolute atomic E-state index is 12.8. The minimum atomic E-state index is -0.290. The van der Waals surface area contributed by atoms with Gasteiger partial charge in [0, 0.05) is 31.2 Å². The van der Waals surface area contributed by atoms with Crippen LogP contribution in [0.2, 0.25) is 0 Å². The van der Waals surface area contributed by atoms with Crippen molar-refractivity contribution in [2.24, 2.45) is 0 Å². The van der Waals surface area contributed by atoms with E-state index in [1.807, 2.05) is 48.5 Å². The Balaban J connectivity index is 1.48. The molecule has 1 aliphatic heterocycles. The average Bonchev–Trinajstić information content (AvgIpc) is 3.12. The first-order valence-corrected chi connectivity index (χ1v) is 9.93. The summed E-state index contributed by atoms with van der Waals surface area (Å²) in [4.78, 5) is 29.3. The lowest BCUT2D eigenvalue weighted by Crippen LogP contribution is -2.38. The molecule has 4 rings (SSSR count). The molecule has 1 aliphatic rings. The fraction of sp³-hybridized carbons (Fsp3) is 0.304. The highest BCUT2D eigenvalue weighted by Crippen LogP contribution is 2.19. The van der Waals surface area contributed by atoms with Gasteiger partial charge in [0.15, 0.2) is 0 Å². The van der Waals surface area contributed by atoms with Crippen LogP contribution in [0.3, 0.4) is 0 Å². The Morgan fingerprint density at radius 2 is 1.97 bits per heavy atom. The number of likely N-dealkylation sites (tertiary alicyclic amines) is 1. The highest BCUT2D eigenvalue weighted by Gasteiger charge is 2.24. The summed E-state index contributed by atoms with van der Waals surface area (Å²) in [6.07, 6.45) is 0.714. The van der Waals surface area contributed by atoms with Crippen LogP contribution in [0.15, 0.2) is 65.5 Å². The Morgan fingerprint density at radius 3 is 2.72 bits per heavy atom. The van der Waals surface area contributed by atoms with E-state index in [4.69, 9.17) is 0 Å². The lowest BCUT2D eigenvalue weighted by molar-refractivity contribution is -0.121. The van der Waals surface area contributed by atoms with Crippen molar-refractivity contribution in [3.63, 3.8) is 0 Å². The van der Waals surface area contributed by atoms with Crippen molar-refractivity contribution in [3.05, 3.63) is 82.1 Å². The molecule has 0 bridgehead atoms. The summed E-state index contributed by atoms with van der Waals surface area (Å²) < 4.78 is 0. The third-order valence-electron chi connectivity index (χ3n) is 5.38. The third kappa shape index (κ3) is 4.91. The molecule has 0 saturated carbocycles. The van der Waals surface area contributed by atoms with Crippen molar-refractivity contribution in [1.82, 2.24) is 15.2 Å². The lowest BCUT2D eigenvalue weighted by atomic mass is 10.0. The number of hydrogen-bond acceptors (Lipinski definition) is 4. The number of carbonyl (C=O) groups is 1. The van der Waals surface area contributed by atoms with Gasteiger partial charge >= 0.3 is 0 Å². The van der Waals surface area contributed by atoms with Crippen LogP contribution < -0.4 is 10.9 Å². The van der Waals surface area contributed by atoms with Crippen LogP contribution in [-0.2, 0) is 11.2 Å². The number of aliphatic hydroxyl groups is 1. The molecule has 1 aromatic heterocycles. The zero-order chi connectivity index (χ0) is 20.2. The van der Waals surface area contributed by atoms with Crippen molar-refractivity contribution < 1.29 is 9.90 Å². The second kappa shape index (κ2) is 8.59. The van der Waals surface area contributed by atoms with Crippen LogP contribution in [0.1, 0.15) is 23.6 Å². The van der Waals surface area contributed by atoms with E-state index >= 15 is 0 Å². The van der Waals surface area contributed by atoms with Crippen molar-refractivity contribution >= 4 is 16.8 Å². The molecule has 2 aromatic carbocycles. The fourth-order valence-electron chi connectivity index (χ4n) is 3.89. The molecular weight excluding hydrogens is 366 g/mol. The first-order chi connectivity index (χ1) is 14.1. The maximum atomic E-state index is 12.8. The van der Waals surface area contributed by atoms with Crippen molar-refractivity contribution in [1.29, 1.82) is 0 Å². The van der Waals surface area contributed by atoms with Crippen molar-refractivity contribution in [2.75, 3.05) is 19.6 Å². The predicted octanol–water partition coefficient (Wildman–Crippen LogP) is 1.99. The maximum Gasteiger partial charge on any atom is 0.248 e. The van der Waals surface area contributed by atoms with E-state index in [1.54, 1.807) is 6.07 Å². The number of aromatic amines is 1. The van der Waals surface area contributed by atoms with E-state index in [2.05, 4.69) is 15.2 Å². The quantitative estimate of drug-likeness (QED) is 0.600. The number of pyridine rings is 1. The largest absolute Gasteiger partial charge is 0.392 e. The van der Waals surface area contributed by atoms with Gasteiger partial charge in [0.05, 0.1) is 18.6 Å². The van der Waals surface area contributed by atoms with Gasteiger partial charge in [0.1, 0.15) is 0 Å². The molecule has 3 aromatic rings. The number of nitrogens with zero attached hydrogens (tertiary/aromatic N) is 1. The number of carbonyl (C=O) groups excluding carboxylic acids is 1. The minimum absolute atomic E-state index is 0.0729. The van der Waals surface area contributed by atoms with E-state index in [0.717, 1.165) is 35.0 Å². The molecule has 29 heavy (non-hydrogen) atoms. The molecule has 3 N–H and O–H groups in total. The topological polar surface area (TPSA) is 85.4 Å². The van der Waals surface area contributed by atoms with Gasteiger partial charge in [-0.05, 0) is 35.1 Å². The Labute approximate surface area is 169 Å². The summed E-state index contributed by atoms with van der Waals surface area (Å²) in [5, 5.41) is 13.9. The van der Waals surface area contributed by atoms with Gasteiger partial charge in [0.2, 0.25) is 11.5 Å². The van der Waals surface area contributed by atoms with Crippen LogP contribution >= 0.6 is 0 Å². The van der Waals surface area contributed by atoms with Gasteiger partial charge in [-0.15, -0.1) is 0 Å². The molecule has 1 amide bonds. The van der Waals surface area contributed by atoms with Crippen LogP contribution in [0.4, 0.5) is 0 Å². The number of aromatic nitrogens is 1. The Morgan fingerprint density at radius 1 is 1.17 bits per heavy atom. The predicted molar refractivity (Wildman–Crippen MR) is 113 cm³/mol. The van der Waals surface area contributed by atoms with E-state index < -0.39 is 0 Å². The molecule has 2 heterocycles. The Bertz CT molecular complexity index is 1050. The molecule has 6 nitrogen and oxygen atoms in total. The molecule has 1 unspecified atom stereocenters. The number of aliphatic hydroxyl groups excluding tert-OH is 1. The summed E-state index contributed by atoms with van der Waals surface area (Å²) in [5.41, 5.74) is 2.47. The fourth-order valence-corrected chi connectivity index (χ4v) is 3.89. The average molecular weight is 391 g/mol. The summed E-state index contributed by atoms with van der Waals surface area (Å²) in [6.45, 7) is 2.13. The second-order valence-corrected chi connectivity index (χ2v) is 7.65. The smallest absolute Gasteiger partial charge is 0.248 e. The number of benzene rings is 2. The molecule has 6 heteroatoms. The van der Waals surface area contributed by atoms with Gasteiger partial charge in [-0.3, -0.25) is 14.5 Å². The minimum Gasteiger partial charge on any atom is -0.392 e. The van der Waals surface area contributed by atoms with Crippen LogP contribution in [0.5, 0.6) is 0 Å². The number of rotatable bonds is 6. The van der Waals surface area contributed by atoms with Gasteiger partial charge in [0.25, 0.3) is 0 Å². The Hall–Kier alpha value is -2.96. The summed E-state index contributed by atoms with van der Waals surface area (Å²) in [7, 11) is 0. The molecule has 1 fully saturated rings. The zero-order valence-corrected chi connectivity index (χ0v) is 16.2. The molecule has 0 radical (unpaired) electrons. The zero-order valence-electron chi connectivity index (χ0n) is 16.2. The molecule has 2 atom stereocenters. The molecule has 0 spiro atoms. The van der Waals surface area contributed by atoms with Crippen LogP contribution in [0.25, 0.3) is 10.9 Å². The number of H-pyrrole nitrogens is 1. The van der Waals surface area contributed by atoms with Crippen molar-refractivity contribution in [2.45, 2.75) is 25.0 Å². The summed E-state index contributed by atoms with van der Waals surface area (Å²) in [5.74, 6) is -0.0729. The highest BCUT2D eigenvalue weighted by atomic mass is 16.3. The number of β-amino-alcohol motifs (C(OH)–C–C–N with tert-alkyl or cyclic N) is 1. The van der Waals surface area contributed by atoms with Gasteiger partial charge in [-0.2, -0.15) is 0 Å². The summed E-state index contributed by atoms with van der Waals surface area (Å²) in [6, 6.07) is 18.7. The Kier molecular flexibility index (Phi) is 5.74. The third-order valence-corrected chi connectivity index (χ3v) is 5.38. The number of fused-ring (bicyclic) bond motifs is 1. The number of amides is 1. The van der Waals surface area contributed by atoms with Crippen LogP contribution in [0, 0.1) is 0 Å². The number of nitrogens with one attached hydrogen (secondary N) is 2. The van der Waals surface area contributed by atoms with E-state index in [-0.39, 0.29) is 30.0 Å². The van der Waals surface area contributed by atoms with Gasteiger partial charge in [-0.25, -0.2) is 0 Å². The normalized spacial score (nSPS) is 18.0. The first-order valence-electron chi connectivity index (χ1n) is 9.93. The first kappa shape index (κ1) is 19.4. The highest BCUT2D eigenvalue weighted by molar-refractivity contribution is 5.83. The lowest BCUT2D eigenvalue weighted by Gasteiger charge is -2.25. The standard InChI is InChI=1S/C23H25N3O3/c27-19-10-11-26(14-19)15-21(17-4-2-1-3-5-17)25-23(29)13-16-6-7-18-8-9-22(28)24-20(18)12-16/h1-9,12,19,21,27H,10-11,13-15H2,(H,24,28)(H,25,29)/t19?,21-/m1/s1. The van der Waals surface area contributed by atoms with E-state index in [1.165, 1.54) is 6.07 Å². The number of hydrogen-bond donors (Lipinski definition) is 3. The van der Waals surface area contributed by atoms with Crippen LogP contribution in [-0.4, -0.2) is 46.6 Å². The monoisotopic (exact) mass is 391 g/mol. The van der Waals surface area contributed by atoms with Gasteiger partial charge < -0.3 is 15.4 Å². The second-order valence-electron chi connectivity index (χ2n) is 7.65. The SMILES string of the molecule is O=C(Cc1ccc2ccc(=O)[nH]c2c1)N[C@H](CN1CCC(O)C1)c1ccccc1. The molecule has 1 saturated heterocycles. The molecule has 150 valence electrons. The van der Waals surface area contributed by atoms with E-state index in [9.17, 15) is 14.7 Å². The summed E-state index contributed by atoms with van der Waals surface area (Å²) >= 11 is 0. The van der Waals surface area contributed by atoms with E-state index in [0.29, 0.717) is 13.1 Å². The molecular formula is C23H25N3O3. The van der Waals surface area contributed by atoms with Crippen molar-refractivity contribution in [3.8, 4) is 0 Å².